The fraction of sp³-hybridized carbons (Fsp3) is 0.791. The molecule has 0 saturated carbocycles. The van der Waals surface area contributed by atoms with Crippen molar-refractivity contribution in [3.63, 3.8) is 0 Å². The van der Waals surface area contributed by atoms with Crippen molar-refractivity contribution in [2.45, 2.75) is 271 Å². The van der Waals surface area contributed by atoms with Crippen LogP contribution in [-0.4, -0.2) is 108 Å². The van der Waals surface area contributed by atoms with Crippen LogP contribution in [0.25, 0.3) is 11.2 Å². The number of imidazole rings is 1. The molecule has 85 heavy (non-hydrogen) atoms. The third-order valence-electron chi connectivity index (χ3n) is 16.0. The summed E-state index contributed by atoms with van der Waals surface area (Å²) in [5, 5.41) is 31.2. The van der Waals surface area contributed by atoms with E-state index in [1.807, 2.05) is 24.3 Å². The number of nitrogens with two attached hydrogens (primary N) is 2. The number of rotatable bonds is 61. The highest BCUT2D eigenvalue weighted by Gasteiger charge is 2.25. The number of carbonyl (C=O) groups is 1. The Bertz CT molecular complexity index is 2110. The molecule has 0 aliphatic carbocycles. The van der Waals surface area contributed by atoms with Crippen molar-refractivity contribution in [1.82, 2.24) is 40.8 Å². The lowest BCUT2D eigenvalue weighted by molar-refractivity contribution is -0.118. The number of fused-ring (bicyclic) bond motifs is 1. The number of hydrogen-bond donors (Lipinski definition) is 9. The molecule has 0 spiro atoms. The number of unbranched alkanes of at least 4 members (excludes halogenated alkanes) is 28. The number of nitrogen functional groups attached to an aromatic ring is 1. The lowest BCUT2D eigenvalue weighted by Crippen LogP contribution is -2.41. The number of carbonyl (C=O) groups excluding carboxylic acids is 1. The zero-order valence-electron chi connectivity index (χ0n) is 54.2. The van der Waals surface area contributed by atoms with Crippen LogP contribution in [0.4, 0.5) is 17.5 Å². The van der Waals surface area contributed by atoms with Gasteiger partial charge in [-0.1, -0.05) is 213 Å². The Morgan fingerprint density at radius 1 is 0.600 bits per heavy atom. The van der Waals surface area contributed by atoms with Crippen molar-refractivity contribution in [3.05, 3.63) is 42.1 Å². The molecule has 0 unspecified atom stereocenters. The number of aromatic nitrogens is 4. The molecule has 1 atom stereocenters. The molecule has 2 heterocycles. The Labute approximate surface area is 517 Å². The van der Waals surface area contributed by atoms with Gasteiger partial charge in [-0.05, 0) is 121 Å². The van der Waals surface area contributed by atoms with Crippen LogP contribution in [-0.2, 0) is 25.0 Å². The summed E-state index contributed by atoms with van der Waals surface area (Å²) in [5.74, 6) is 0.413. The fourth-order valence-corrected chi connectivity index (χ4v) is 12.3. The molecule has 18 heteroatoms. The summed E-state index contributed by atoms with van der Waals surface area (Å²) in [4.78, 5) is 27.4. The molecule has 488 valence electrons. The molecule has 1 amide bonds. The third-order valence-corrected chi connectivity index (χ3v) is 18.0. The number of anilines is 3. The Balaban J connectivity index is 1.57. The maximum absolute atomic E-state index is 14.4. The normalized spacial score (nSPS) is 12.1. The van der Waals surface area contributed by atoms with Gasteiger partial charge in [-0.2, -0.15) is 15.0 Å². The second kappa shape index (κ2) is 51.1. The van der Waals surface area contributed by atoms with Gasteiger partial charge in [0.05, 0.1) is 32.0 Å². The van der Waals surface area contributed by atoms with Gasteiger partial charge in [0.25, 0.3) is 6.01 Å². The van der Waals surface area contributed by atoms with E-state index < -0.39 is 13.6 Å². The van der Waals surface area contributed by atoms with Gasteiger partial charge in [0.2, 0.25) is 11.9 Å². The molecule has 2 aromatic heterocycles. The highest BCUT2D eigenvalue weighted by atomic mass is 31.2. The number of benzene rings is 1. The molecule has 0 aliphatic heterocycles. The Morgan fingerprint density at radius 2 is 1.09 bits per heavy atom. The van der Waals surface area contributed by atoms with E-state index in [9.17, 15) is 14.5 Å². The summed E-state index contributed by atoms with van der Waals surface area (Å²) in [6, 6.07) is 6.78. The minimum atomic E-state index is -3.36. The highest BCUT2D eigenvalue weighted by molar-refractivity contribution is 7.53. The maximum atomic E-state index is 14.4. The average Bonchev–Trinajstić information content (AvgIpc) is 2.22. The molecule has 17 nitrogen and oxygen atoms in total. The highest BCUT2D eigenvalue weighted by Crippen LogP contribution is 2.49. The maximum Gasteiger partial charge on any atom is 0.330 e. The summed E-state index contributed by atoms with van der Waals surface area (Å²) in [7, 11) is -3.36. The van der Waals surface area contributed by atoms with E-state index in [1.165, 1.54) is 154 Å². The molecule has 0 radical (unpaired) electrons. The van der Waals surface area contributed by atoms with Gasteiger partial charge in [-0.25, -0.2) is 0 Å². The molecule has 3 rings (SSSR count). The van der Waals surface area contributed by atoms with Crippen LogP contribution in [0.15, 0.2) is 36.5 Å². The van der Waals surface area contributed by atoms with Gasteiger partial charge in [0.15, 0.2) is 17.0 Å². The van der Waals surface area contributed by atoms with E-state index in [0.29, 0.717) is 68.4 Å². The molecule has 3 aromatic rings. The van der Waals surface area contributed by atoms with Crippen molar-refractivity contribution in [3.8, 4) is 6.01 Å². The number of nitrogens with one attached hydrogen (secondary N) is 6. The molecule has 11 N–H and O–H groups in total. The van der Waals surface area contributed by atoms with E-state index in [2.05, 4.69) is 74.2 Å². The monoisotopic (exact) mass is 1210 g/mol. The number of allylic oxidation sites excluding steroid dienone is 1. The molecular weight excluding hydrogens is 1080 g/mol. The largest absolute Gasteiger partial charge is 0.480 e. The first-order valence-corrected chi connectivity index (χ1v) is 36.4. The van der Waals surface area contributed by atoms with Crippen LogP contribution in [0.2, 0.25) is 0 Å². The quantitative estimate of drug-likeness (QED) is 0.0189. The summed E-state index contributed by atoms with van der Waals surface area (Å²) in [6.45, 7) is 18.7. The van der Waals surface area contributed by atoms with Crippen molar-refractivity contribution in [1.29, 1.82) is 0 Å². The van der Waals surface area contributed by atoms with E-state index in [-0.39, 0.29) is 30.4 Å². The minimum Gasteiger partial charge on any atom is -0.480 e. The summed E-state index contributed by atoms with van der Waals surface area (Å²) >= 11 is 0. The zero-order valence-corrected chi connectivity index (χ0v) is 55.1. The Morgan fingerprint density at radius 3 is 1.61 bits per heavy atom. The average molecular weight is 1210 g/mol. The van der Waals surface area contributed by atoms with Crippen LogP contribution in [0.1, 0.15) is 264 Å². The first-order chi connectivity index (χ1) is 41.6. The second-order valence-electron chi connectivity index (χ2n) is 23.9. The number of hydrogen-bond acceptors (Lipinski definition) is 15. The van der Waals surface area contributed by atoms with E-state index in [0.717, 1.165) is 115 Å². The smallest absolute Gasteiger partial charge is 0.330 e. The van der Waals surface area contributed by atoms with Gasteiger partial charge in [-0.3, -0.25) is 13.9 Å². The number of aromatic hydroxyl groups is 1. The molecule has 1 aromatic carbocycles. The van der Waals surface area contributed by atoms with Crippen LogP contribution < -0.4 is 43.4 Å². The lowest BCUT2D eigenvalue weighted by atomic mass is 10.0. The van der Waals surface area contributed by atoms with Crippen LogP contribution in [0, 0.1) is 0 Å². The van der Waals surface area contributed by atoms with Gasteiger partial charge in [0, 0.05) is 24.5 Å². The van der Waals surface area contributed by atoms with E-state index >= 15 is 0 Å². The van der Waals surface area contributed by atoms with Crippen molar-refractivity contribution in [2.75, 3.05) is 88.1 Å². The van der Waals surface area contributed by atoms with Gasteiger partial charge < -0.3 is 57.5 Å². The molecule has 0 fully saturated rings. The summed E-state index contributed by atoms with van der Waals surface area (Å²) < 4.78 is 28.5. The van der Waals surface area contributed by atoms with E-state index in [4.69, 9.17) is 20.5 Å². The SMILES string of the molecule is C=C(CC[C@H](NCCCP(=O)(OCCCCCCCCCCCCCCCC)OCCCCCCCCCCCCCCCC)C(=O)Nc1ccc(Cn2c(O)nc3c(N)nc(NCCCC)nc32)cc1)NCCCNCCCCNCCCN. The standard InChI is InChI=1S/C67H125N12O5P/c1-5-8-11-13-15-17-19-21-23-25-27-29-31-35-54-83-85(82,84-55-36-32-30-28-26-24-22-20-18-16-14-12-9-6-2)56-39-53-73-61(45-40-58(4)72-52-38-50-71-48-34-33-47-70-49-37-46-68)65(80)75-60-43-41-59(42-44-60)57-79-64-62(76-67(79)81)63(69)77-66(78-64)74-51-10-7-3/h41-44,61,70-73H,4-40,45-57,68H2,1-3H3,(H,75,80)(H,76,81)(H3,69,74,77,78)/t61-/m0/s1. The molecule has 0 bridgehead atoms. The van der Waals surface area contributed by atoms with Gasteiger partial charge in [0.1, 0.15) is 0 Å². The van der Waals surface area contributed by atoms with Gasteiger partial charge >= 0.3 is 7.60 Å². The third kappa shape index (κ3) is 37.6. The lowest BCUT2D eigenvalue weighted by Gasteiger charge is -2.21. The van der Waals surface area contributed by atoms with E-state index in [1.54, 1.807) is 4.57 Å². The topological polar surface area (TPSA) is 241 Å². The Kier molecular flexibility index (Phi) is 45.3. The summed E-state index contributed by atoms with van der Waals surface area (Å²) in [5.41, 5.74) is 15.0. The first kappa shape index (κ1) is 75.4. The molecule has 0 saturated heterocycles. The summed E-state index contributed by atoms with van der Waals surface area (Å²) in [6.07, 6.45) is 44.0. The van der Waals surface area contributed by atoms with Crippen LogP contribution in [0.5, 0.6) is 6.01 Å². The van der Waals surface area contributed by atoms with Gasteiger partial charge in [-0.15, -0.1) is 0 Å². The van der Waals surface area contributed by atoms with Crippen molar-refractivity contribution >= 4 is 42.1 Å². The molecule has 0 aliphatic rings. The predicted molar refractivity (Wildman–Crippen MR) is 360 cm³/mol. The Hall–Kier alpha value is -3.83. The zero-order chi connectivity index (χ0) is 61.1. The number of amides is 1. The second-order valence-corrected chi connectivity index (χ2v) is 26.1. The van der Waals surface area contributed by atoms with Crippen molar-refractivity contribution < 1.29 is 23.5 Å². The predicted octanol–water partition coefficient (Wildman–Crippen LogP) is 15.4. The number of nitrogens with zero attached hydrogens (tertiary/aromatic N) is 4. The minimum absolute atomic E-state index is 0.167. The van der Waals surface area contributed by atoms with Crippen LogP contribution >= 0.6 is 7.60 Å². The van der Waals surface area contributed by atoms with Crippen LogP contribution in [0.3, 0.4) is 0 Å². The molecular formula is C67H125N12O5P. The van der Waals surface area contributed by atoms with Crippen molar-refractivity contribution in [2.24, 2.45) is 5.73 Å². The first-order valence-electron chi connectivity index (χ1n) is 34.6. The fourth-order valence-electron chi connectivity index (χ4n) is 10.6.